The van der Waals surface area contributed by atoms with Gasteiger partial charge in [0.05, 0.1) is 19.8 Å². The highest BCUT2D eigenvalue weighted by atomic mass is 35.5. The van der Waals surface area contributed by atoms with Gasteiger partial charge in [-0.05, 0) is 31.2 Å². The number of hydrogen-bond acceptors (Lipinski definition) is 4. The molecule has 1 aromatic carbocycles. The molecule has 0 amide bonds. The first-order chi connectivity index (χ1) is 12.1. The molecule has 0 saturated carbocycles. The van der Waals surface area contributed by atoms with Crippen LogP contribution in [-0.4, -0.2) is 80.8 Å². The molecular weight excluding hydrogens is 338 g/mol. The Hall–Kier alpha value is -1.50. The lowest BCUT2D eigenvalue weighted by atomic mass is 10.2. The minimum absolute atomic E-state index is 0.466. The highest BCUT2D eigenvalue weighted by Crippen LogP contribution is 2.19. The van der Waals surface area contributed by atoms with Crippen molar-refractivity contribution in [3.8, 4) is 0 Å². The van der Waals surface area contributed by atoms with Crippen LogP contribution in [0.5, 0.6) is 0 Å². The summed E-state index contributed by atoms with van der Waals surface area (Å²) < 4.78 is 5.47. The molecule has 0 spiro atoms. The lowest BCUT2D eigenvalue weighted by molar-refractivity contribution is 0.00139. The molecule has 1 unspecified atom stereocenters. The predicted octanol–water partition coefficient (Wildman–Crippen LogP) is 1.50. The fourth-order valence-corrected chi connectivity index (χ4v) is 3.46. The van der Waals surface area contributed by atoms with Gasteiger partial charge in [-0.2, -0.15) is 0 Å². The predicted molar refractivity (Wildman–Crippen MR) is 104 cm³/mol. The van der Waals surface area contributed by atoms with Gasteiger partial charge in [0.1, 0.15) is 0 Å². The van der Waals surface area contributed by atoms with Crippen molar-refractivity contribution in [3.05, 3.63) is 29.3 Å². The number of rotatable bonds is 4. The third-order valence-corrected chi connectivity index (χ3v) is 5.21. The molecule has 0 bridgehead atoms. The SMILES string of the molecule is CC1COCCN1CCN=C(N)N1CCN(c2ccc(Cl)cc2)CC1. The number of nitrogens with two attached hydrogens (primary N) is 1. The largest absolute Gasteiger partial charge is 0.379 e. The van der Waals surface area contributed by atoms with Gasteiger partial charge < -0.3 is 20.3 Å². The van der Waals surface area contributed by atoms with Crippen LogP contribution in [0.15, 0.2) is 29.3 Å². The first kappa shape index (κ1) is 18.3. The van der Waals surface area contributed by atoms with Gasteiger partial charge in [0.15, 0.2) is 5.96 Å². The van der Waals surface area contributed by atoms with Crippen LogP contribution >= 0.6 is 11.6 Å². The normalized spacial score (nSPS) is 23.1. The van der Waals surface area contributed by atoms with E-state index in [0.717, 1.165) is 64.0 Å². The van der Waals surface area contributed by atoms with Crippen LogP contribution in [0.25, 0.3) is 0 Å². The minimum Gasteiger partial charge on any atom is -0.379 e. The summed E-state index contributed by atoms with van der Waals surface area (Å²) >= 11 is 5.96. The van der Waals surface area contributed by atoms with E-state index < -0.39 is 0 Å². The number of aliphatic imine (C=N–C) groups is 1. The summed E-state index contributed by atoms with van der Waals surface area (Å²) in [4.78, 5) is 11.5. The highest BCUT2D eigenvalue weighted by Gasteiger charge is 2.20. The Morgan fingerprint density at radius 2 is 1.92 bits per heavy atom. The van der Waals surface area contributed by atoms with Crippen LogP contribution in [0, 0.1) is 0 Å². The number of halogens is 1. The van der Waals surface area contributed by atoms with E-state index in [2.05, 4.69) is 38.7 Å². The molecule has 0 aromatic heterocycles. The lowest BCUT2D eigenvalue weighted by Gasteiger charge is -2.37. The fraction of sp³-hybridized carbons (Fsp3) is 0.611. The van der Waals surface area contributed by atoms with E-state index in [-0.39, 0.29) is 0 Å². The van der Waals surface area contributed by atoms with Gasteiger partial charge >= 0.3 is 0 Å². The van der Waals surface area contributed by atoms with Crippen molar-refractivity contribution in [2.75, 3.05) is 63.9 Å². The van der Waals surface area contributed by atoms with E-state index in [0.29, 0.717) is 12.0 Å². The van der Waals surface area contributed by atoms with Crippen LogP contribution in [0.1, 0.15) is 6.92 Å². The maximum absolute atomic E-state index is 6.20. The summed E-state index contributed by atoms with van der Waals surface area (Å²) in [5, 5.41) is 0.772. The second kappa shape index (κ2) is 8.74. The highest BCUT2D eigenvalue weighted by molar-refractivity contribution is 6.30. The van der Waals surface area contributed by atoms with Crippen LogP contribution < -0.4 is 10.6 Å². The molecule has 25 heavy (non-hydrogen) atoms. The second-order valence-corrected chi connectivity index (χ2v) is 7.09. The van der Waals surface area contributed by atoms with Crippen molar-refractivity contribution in [1.29, 1.82) is 0 Å². The Balaban J connectivity index is 1.44. The maximum atomic E-state index is 6.20. The number of benzene rings is 1. The van der Waals surface area contributed by atoms with Gasteiger partial charge in [-0.1, -0.05) is 11.6 Å². The molecule has 0 radical (unpaired) electrons. The number of nitrogens with zero attached hydrogens (tertiary/aromatic N) is 4. The lowest BCUT2D eigenvalue weighted by Crippen LogP contribution is -2.51. The van der Waals surface area contributed by atoms with Gasteiger partial charge in [-0.15, -0.1) is 0 Å². The molecule has 2 fully saturated rings. The van der Waals surface area contributed by atoms with E-state index in [1.165, 1.54) is 5.69 Å². The van der Waals surface area contributed by atoms with Crippen molar-refractivity contribution in [2.24, 2.45) is 10.7 Å². The molecule has 138 valence electrons. The van der Waals surface area contributed by atoms with Gasteiger partial charge in [0, 0.05) is 56.0 Å². The van der Waals surface area contributed by atoms with Gasteiger partial charge in [0.2, 0.25) is 0 Å². The second-order valence-electron chi connectivity index (χ2n) is 6.65. The van der Waals surface area contributed by atoms with E-state index in [1.54, 1.807) is 0 Å². The van der Waals surface area contributed by atoms with Crippen LogP contribution in [-0.2, 0) is 4.74 Å². The smallest absolute Gasteiger partial charge is 0.191 e. The zero-order valence-corrected chi connectivity index (χ0v) is 15.7. The Labute approximate surface area is 155 Å². The molecular formula is C18H28ClN5O. The van der Waals surface area contributed by atoms with Gasteiger partial charge in [0.25, 0.3) is 0 Å². The number of hydrogen-bond donors (Lipinski definition) is 1. The van der Waals surface area contributed by atoms with Crippen molar-refractivity contribution >= 4 is 23.2 Å². The Morgan fingerprint density at radius 1 is 1.20 bits per heavy atom. The van der Waals surface area contributed by atoms with E-state index >= 15 is 0 Å². The Bertz CT molecular complexity index is 571. The van der Waals surface area contributed by atoms with Crippen LogP contribution in [0.3, 0.4) is 0 Å². The van der Waals surface area contributed by atoms with Crippen molar-refractivity contribution < 1.29 is 4.74 Å². The van der Waals surface area contributed by atoms with Gasteiger partial charge in [-0.25, -0.2) is 0 Å². The standard InChI is InChI=1S/C18H28ClN5O/c1-15-14-25-13-12-22(15)7-6-21-18(20)24-10-8-23(9-11-24)17-4-2-16(19)3-5-17/h2-5,15H,6-14H2,1H3,(H2,20,21). The summed E-state index contributed by atoms with van der Waals surface area (Å²) in [6.45, 7) is 10.2. The van der Waals surface area contributed by atoms with E-state index in [4.69, 9.17) is 22.1 Å². The summed E-state index contributed by atoms with van der Waals surface area (Å²) in [7, 11) is 0. The molecule has 3 rings (SSSR count). The number of ether oxygens (including phenoxy) is 1. The quantitative estimate of drug-likeness (QED) is 0.647. The minimum atomic E-state index is 0.466. The molecule has 1 aromatic rings. The van der Waals surface area contributed by atoms with Crippen LogP contribution in [0.4, 0.5) is 5.69 Å². The fourth-order valence-electron chi connectivity index (χ4n) is 3.33. The summed E-state index contributed by atoms with van der Waals surface area (Å²) in [5.41, 5.74) is 7.41. The first-order valence-electron chi connectivity index (χ1n) is 9.00. The average molecular weight is 366 g/mol. The summed E-state index contributed by atoms with van der Waals surface area (Å²) in [6, 6.07) is 8.48. The summed E-state index contributed by atoms with van der Waals surface area (Å²) in [6.07, 6.45) is 0. The third kappa shape index (κ3) is 5.00. The number of morpholine rings is 1. The maximum Gasteiger partial charge on any atom is 0.191 e. The molecule has 1 atom stereocenters. The molecule has 2 aliphatic heterocycles. The zero-order valence-electron chi connectivity index (χ0n) is 14.9. The first-order valence-corrected chi connectivity index (χ1v) is 9.38. The average Bonchev–Trinajstić information content (AvgIpc) is 2.64. The molecule has 6 nitrogen and oxygen atoms in total. The number of anilines is 1. The summed E-state index contributed by atoms with van der Waals surface area (Å²) in [5.74, 6) is 0.664. The van der Waals surface area contributed by atoms with Crippen molar-refractivity contribution in [2.45, 2.75) is 13.0 Å². The van der Waals surface area contributed by atoms with Crippen molar-refractivity contribution in [3.63, 3.8) is 0 Å². The Kier molecular flexibility index (Phi) is 6.39. The molecule has 0 aliphatic carbocycles. The van der Waals surface area contributed by atoms with Gasteiger partial charge in [-0.3, -0.25) is 9.89 Å². The monoisotopic (exact) mass is 365 g/mol. The van der Waals surface area contributed by atoms with Crippen molar-refractivity contribution in [1.82, 2.24) is 9.80 Å². The number of guanidine groups is 1. The molecule has 7 heteroatoms. The van der Waals surface area contributed by atoms with Crippen LogP contribution in [0.2, 0.25) is 5.02 Å². The number of piperazine rings is 1. The third-order valence-electron chi connectivity index (χ3n) is 4.96. The van der Waals surface area contributed by atoms with E-state index in [9.17, 15) is 0 Å². The van der Waals surface area contributed by atoms with E-state index in [1.807, 2.05) is 12.1 Å². The molecule has 2 saturated heterocycles. The topological polar surface area (TPSA) is 57.3 Å². The molecule has 2 N–H and O–H groups in total. The Morgan fingerprint density at radius 3 is 2.60 bits per heavy atom. The molecule has 2 aliphatic rings. The zero-order chi connectivity index (χ0) is 17.6. The molecule has 2 heterocycles.